The molecular formula is C23H26N6O2S. The van der Waals surface area contributed by atoms with E-state index in [1.807, 2.05) is 16.7 Å². The fourth-order valence-electron chi connectivity index (χ4n) is 4.53. The molecule has 5 rings (SSSR count). The van der Waals surface area contributed by atoms with Crippen LogP contribution in [-0.2, 0) is 0 Å². The summed E-state index contributed by atoms with van der Waals surface area (Å²) in [5.41, 5.74) is 6.99. The molecule has 0 saturated heterocycles. The predicted molar refractivity (Wildman–Crippen MR) is 126 cm³/mol. The quantitative estimate of drug-likeness (QED) is 0.384. The van der Waals surface area contributed by atoms with Gasteiger partial charge in [0.05, 0.1) is 18.5 Å². The highest BCUT2D eigenvalue weighted by Crippen LogP contribution is 2.39. The van der Waals surface area contributed by atoms with Crippen molar-refractivity contribution >= 4 is 39.7 Å². The minimum atomic E-state index is -0.905. The summed E-state index contributed by atoms with van der Waals surface area (Å²) in [6.45, 7) is 3.58. The van der Waals surface area contributed by atoms with Gasteiger partial charge in [-0.15, -0.1) is 0 Å². The lowest BCUT2D eigenvalue weighted by molar-refractivity contribution is 0.00444. The molecule has 0 spiro atoms. The van der Waals surface area contributed by atoms with Gasteiger partial charge >= 0.3 is 0 Å². The first-order chi connectivity index (χ1) is 15.5. The van der Waals surface area contributed by atoms with Gasteiger partial charge in [0.1, 0.15) is 17.9 Å². The molecule has 1 aliphatic rings. The zero-order valence-electron chi connectivity index (χ0n) is 17.7. The highest BCUT2D eigenvalue weighted by atomic mass is 32.2. The van der Waals surface area contributed by atoms with E-state index in [2.05, 4.69) is 56.5 Å². The summed E-state index contributed by atoms with van der Waals surface area (Å²) in [5, 5.41) is 24.1. The van der Waals surface area contributed by atoms with Gasteiger partial charge < -0.3 is 20.5 Å². The van der Waals surface area contributed by atoms with Gasteiger partial charge in [0.15, 0.2) is 11.5 Å². The minimum absolute atomic E-state index is 0.0838. The monoisotopic (exact) mass is 450 g/mol. The third kappa shape index (κ3) is 3.81. The average Bonchev–Trinajstić information content (AvgIpc) is 3.36. The Bertz CT molecular complexity index is 1250. The van der Waals surface area contributed by atoms with Crippen LogP contribution in [0.5, 0.6) is 0 Å². The van der Waals surface area contributed by atoms with Crippen LogP contribution >= 0.6 is 11.9 Å². The molecule has 166 valence electrons. The summed E-state index contributed by atoms with van der Waals surface area (Å²) in [5.74, 6) is 0.224. The first-order valence-electron chi connectivity index (χ1n) is 10.8. The number of aromatic nitrogens is 4. The molecule has 2 heterocycles. The summed E-state index contributed by atoms with van der Waals surface area (Å²) in [6, 6.07) is 14.4. The Morgan fingerprint density at radius 1 is 1.09 bits per heavy atom. The molecule has 0 radical (unpaired) electrons. The Morgan fingerprint density at radius 2 is 1.91 bits per heavy atom. The van der Waals surface area contributed by atoms with Gasteiger partial charge in [0, 0.05) is 23.9 Å². The summed E-state index contributed by atoms with van der Waals surface area (Å²) < 4.78 is 4.05. The van der Waals surface area contributed by atoms with Gasteiger partial charge in [0.25, 0.3) is 0 Å². The molecule has 8 nitrogen and oxygen atoms in total. The molecular weight excluding hydrogens is 424 g/mol. The van der Waals surface area contributed by atoms with Gasteiger partial charge in [-0.3, -0.25) is 0 Å². The highest BCUT2D eigenvalue weighted by Gasteiger charge is 2.43. The topological polar surface area (TPSA) is 113 Å². The second-order valence-electron chi connectivity index (χ2n) is 8.21. The summed E-state index contributed by atoms with van der Waals surface area (Å²) in [7, 11) is 0. The van der Waals surface area contributed by atoms with Crippen molar-refractivity contribution in [2.75, 3.05) is 18.8 Å². The maximum Gasteiger partial charge on any atom is 0.165 e. The maximum atomic E-state index is 10.8. The minimum Gasteiger partial charge on any atom is -0.390 e. The van der Waals surface area contributed by atoms with Crippen LogP contribution in [0.15, 0.2) is 60.0 Å². The molecule has 2 aromatic carbocycles. The molecule has 4 atom stereocenters. The van der Waals surface area contributed by atoms with Crippen molar-refractivity contribution in [3.63, 3.8) is 0 Å². The van der Waals surface area contributed by atoms with Crippen molar-refractivity contribution in [1.29, 1.82) is 0 Å². The number of imidazole rings is 1. The third-order valence-electron chi connectivity index (χ3n) is 6.26. The van der Waals surface area contributed by atoms with Crippen LogP contribution < -0.4 is 5.73 Å². The molecule has 32 heavy (non-hydrogen) atoms. The molecule has 4 N–H and O–H groups in total. The number of hydrogen-bond acceptors (Lipinski definition) is 8. The Morgan fingerprint density at radius 3 is 2.72 bits per heavy atom. The molecule has 0 amide bonds. The molecule has 9 heteroatoms. The van der Waals surface area contributed by atoms with Crippen LogP contribution in [0, 0.1) is 5.92 Å². The first kappa shape index (κ1) is 21.1. The Balaban J connectivity index is 1.33. The van der Waals surface area contributed by atoms with Gasteiger partial charge in [-0.1, -0.05) is 37.3 Å². The highest BCUT2D eigenvalue weighted by molar-refractivity contribution is 7.97. The average molecular weight is 451 g/mol. The number of benzene rings is 2. The van der Waals surface area contributed by atoms with Crippen molar-refractivity contribution in [2.24, 2.45) is 5.92 Å². The largest absolute Gasteiger partial charge is 0.390 e. The normalized spacial score (nSPS) is 23.5. The molecule has 1 aliphatic carbocycles. The number of aliphatic hydroxyl groups is 2. The smallest absolute Gasteiger partial charge is 0.165 e. The summed E-state index contributed by atoms with van der Waals surface area (Å²) in [6.07, 6.45) is 1.90. The standard InChI is InChI=1S/C23H26N6O2S/c1-2-28(32-17-8-7-14-5-3-4-6-15(14)9-17)11-16-10-18(21(31)20(16)30)29-13-27-19-22(24)25-12-26-23(19)29/h3-9,12-13,16,18,20-21,30-31H,2,10-11H2,1H3,(H2,24,25,26). The zero-order chi connectivity index (χ0) is 22.2. The lowest BCUT2D eigenvalue weighted by atomic mass is 10.1. The van der Waals surface area contributed by atoms with E-state index in [0.29, 0.717) is 29.9 Å². The van der Waals surface area contributed by atoms with E-state index >= 15 is 0 Å². The number of fused-ring (bicyclic) bond motifs is 2. The maximum absolute atomic E-state index is 10.8. The van der Waals surface area contributed by atoms with E-state index in [1.54, 1.807) is 18.3 Å². The van der Waals surface area contributed by atoms with Crippen LogP contribution in [-0.4, -0.2) is 59.3 Å². The van der Waals surface area contributed by atoms with E-state index < -0.39 is 12.2 Å². The van der Waals surface area contributed by atoms with Gasteiger partial charge in [-0.2, -0.15) is 0 Å². The summed E-state index contributed by atoms with van der Waals surface area (Å²) >= 11 is 1.68. The van der Waals surface area contributed by atoms with Crippen molar-refractivity contribution in [1.82, 2.24) is 23.8 Å². The van der Waals surface area contributed by atoms with Crippen molar-refractivity contribution in [2.45, 2.75) is 36.5 Å². The number of nitrogen functional groups attached to an aromatic ring is 1. The molecule has 4 unspecified atom stereocenters. The fraction of sp³-hybridized carbons (Fsp3) is 0.348. The van der Waals surface area contributed by atoms with Crippen LogP contribution in [0.4, 0.5) is 5.82 Å². The predicted octanol–water partition coefficient (Wildman–Crippen LogP) is 2.87. The lowest BCUT2D eigenvalue weighted by Gasteiger charge is -2.25. The zero-order valence-corrected chi connectivity index (χ0v) is 18.6. The molecule has 2 aromatic heterocycles. The van der Waals surface area contributed by atoms with Gasteiger partial charge in [0.2, 0.25) is 0 Å². The SMILES string of the molecule is CCN(CC1CC(n2cnc3c(N)ncnc32)C(O)C1O)Sc1ccc2ccccc2c1. The second kappa shape index (κ2) is 8.67. The van der Waals surface area contributed by atoms with Crippen molar-refractivity contribution in [3.05, 3.63) is 55.1 Å². The third-order valence-corrected chi connectivity index (χ3v) is 7.39. The van der Waals surface area contributed by atoms with Crippen LogP contribution in [0.25, 0.3) is 21.9 Å². The fourth-order valence-corrected chi connectivity index (χ4v) is 5.54. The van der Waals surface area contributed by atoms with E-state index in [4.69, 9.17) is 5.73 Å². The number of rotatable bonds is 6. The van der Waals surface area contributed by atoms with E-state index in [0.717, 1.165) is 11.4 Å². The molecule has 0 bridgehead atoms. The van der Waals surface area contributed by atoms with Crippen molar-refractivity contribution < 1.29 is 10.2 Å². The van der Waals surface area contributed by atoms with Crippen molar-refractivity contribution in [3.8, 4) is 0 Å². The Kier molecular flexibility index (Phi) is 5.73. The number of nitrogens with zero attached hydrogens (tertiary/aromatic N) is 5. The molecule has 4 aromatic rings. The Hall–Kier alpha value is -2.72. The first-order valence-corrected chi connectivity index (χ1v) is 11.5. The van der Waals surface area contributed by atoms with Crippen LogP contribution in [0.1, 0.15) is 19.4 Å². The second-order valence-corrected chi connectivity index (χ2v) is 9.38. The lowest BCUT2D eigenvalue weighted by Crippen LogP contribution is -2.33. The van der Waals surface area contributed by atoms with E-state index in [1.165, 1.54) is 17.1 Å². The molecule has 0 aliphatic heterocycles. The number of aliphatic hydroxyl groups excluding tert-OH is 2. The molecule has 1 fully saturated rings. The van der Waals surface area contributed by atoms with Gasteiger partial charge in [-0.05, 0) is 41.3 Å². The number of nitrogens with two attached hydrogens (primary N) is 1. The van der Waals surface area contributed by atoms with Crippen LogP contribution in [0.3, 0.4) is 0 Å². The molecule has 1 saturated carbocycles. The van der Waals surface area contributed by atoms with Crippen LogP contribution in [0.2, 0.25) is 0 Å². The number of anilines is 1. The van der Waals surface area contributed by atoms with Gasteiger partial charge in [-0.25, -0.2) is 19.3 Å². The van der Waals surface area contributed by atoms with E-state index in [-0.39, 0.29) is 12.0 Å². The van der Waals surface area contributed by atoms with E-state index in [9.17, 15) is 10.2 Å². The Labute approximate surface area is 190 Å². The number of hydrogen-bond donors (Lipinski definition) is 3. The summed E-state index contributed by atoms with van der Waals surface area (Å²) in [4.78, 5) is 13.7.